The number of benzene rings is 3. The number of nitrogens with one attached hydrogen (secondary N) is 2. The Balaban J connectivity index is 1.82. The van der Waals surface area contributed by atoms with Gasteiger partial charge in [0.05, 0.1) is 22.2 Å². The number of amides is 3. The van der Waals surface area contributed by atoms with Gasteiger partial charge in [-0.05, 0) is 75.3 Å². The Morgan fingerprint density at radius 3 is 2.50 bits per heavy atom. The minimum absolute atomic E-state index is 0.328. The highest BCUT2D eigenvalue weighted by Crippen LogP contribution is 2.43. The van der Waals surface area contributed by atoms with Crippen LogP contribution in [0.25, 0.3) is 32.9 Å². The Labute approximate surface area is 214 Å². The third-order valence-corrected chi connectivity index (χ3v) is 7.16. The zero-order valence-electron chi connectivity index (χ0n) is 20.4. The Bertz CT molecular complexity index is 1550. The van der Waals surface area contributed by atoms with Crippen molar-refractivity contribution in [3.8, 4) is 11.1 Å². The molecular weight excluding hydrogens is 476 g/mol. The van der Waals surface area contributed by atoms with Crippen LogP contribution in [-0.4, -0.2) is 48.3 Å². The SMILES string of the molecule is CN(C)CCCCc1cc(NC=O)cc2c3c4c(c(-c5ccccc5Cl)cc3n(C)c12)C(=O)NC4=O. The number of aryl methyl sites for hydroxylation is 2. The number of rotatable bonds is 8. The lowest BCUT2D eigenvalue weighted by molar-refractivity contribution is -0.105. The summed E-state index contributed by atoms with van der Waals surface area (Å²) in [7, 11) is 6.08. The summed E-state index contributed by atoms with van der Waals surface area (Å²) < 4.78 is 2.08. The maximum absolute atomic E-state index is 13.1. The highest BCUT2D eigenvalue weighted by molar-refractivity contribution is 6.36. The van der Waals surface area contributed by atoms with Crippen molar-refractivity contribution >= 4 is 57.3 Å². The van der Waals surface area contributed by atoms with Gasteiger partial charge in [0.15, 0.2) is 0 Å². The average Bonchev–Trinajstić information content (AvgIpc) is 3.29. The molecule has 0 aliphatic carbocycles. The van der Waals surface area contributed by atoms with Gasteiger partial charge in [0.25, 0.3) is 11.8 Å². The molecule has 1 aliphatic rings. The molecule has 1 aromatic heterocycles. The molecule has 8 heteroatoms. The van der Waals surface area contributed by atoms with E-state index >= 15 is 0 Å². The van der Waals surface area contributed by atoms with Crippen LogP contribution in [-0.2, 0) is 18.3 Å². The second-order valence-corrected chi connectivity index (χ2v) is 9.85. The number of carbonyl (C=O) groups is 3. The maximum Gasteiger partial charge on any atom is 0.259 e. The van der Waals surface area contributed by atoms with E-state index in [4.69, 9.17) is 11.6 Å². The average molecular weight is 503 g/mol. The van der Waals surface area contributed by atoms with Crippen molar-refractivity contribution in [2.45, 2.75) is 19.3 Å². The molecule has 2 N–H and O–H groups in total. The van der Waals surface area contributed by atoms with Crippen LogP contribution >= 0.6 is 11.6 Å². The van der Waals surface area contributed by atoms with Crippen molar-refractivity contribution < 1.29 is 14.4 Å². The lowest BCUT2D eigenvalue weighted by atomic mass is 9.92. The molecule has 36 heavy (non-hydrogen) atoms. The van der Waals surface area contributed by atoms with E-state index in [9.17, 15) is 14.4 Å². The maximum atomic E-state index is 13.1. The topological polar surface area (TPSA) is 83.4 Å². The molecule has 0 atom stereocenters. The largest absolute Gasteiger partial charge is 0.343 e. The summed E-state index contributed by atoms with van der Waals surface area (Å²) in [5, 5.41) is 7.28. The fraction of sp³-hybridized carbons (Fsp3) is 0.250. The fourth-order valence-corrected chi connectivity index (χ4v) is 5.51. The molecule has 184 valence electrons. The summed E-state index contributed by atoms with van der Waals surface area (Å²) in [6.45, 7) is 0.988. The van der Waals surface area contributed by atoms with Crippen molar-refractivity contribution in [1.82, 2.24) is 14.8 Å². The van der Waals surface area contributed by atoms with Crippen LogP contribution in [0.5, 0.6) is 0 Å². The van der Waals surface area contributed by atoms with E-state index in [0.717, 1.165) is 47.8 Å². The lowest BCUT2D eigenvalue weighted by Gasteiger charge is -2.11. The molecule has 2 heterocycles. The summed E-state index contributed by atoms with van der Waals surface area (Å²) in [4.78, 5) is 39.6. The zero-order chi connectivity index (χ0) is 25.6. The quantitative estimate of drug-likeness (QED) is 0.202. The van der Waals surface area contributed by atoms with Crippen LogP contribution in [0.1, 0.15) is 39.1 Å². The third kappa shape index (κ3) is 3.94. The van der Waals surface area contributed by atoms with Gasteiger partial charge in [0, 0.05) is 34.1 Å². The van der Waals surface area contributed by atoms with Gasteiger partial charge in [-0.3, -0.25) is 19.7 Å². The van der Waals surface area contributed by atoms with Gasteiger partial charge in [-0.2, -0.15) is 0 Å². The number of halogens is 1. The Morgan fingerprint density at radius 2 is 1.78 bits per heavy atom. The second-order valence-electron chi connectivity index (χ2n) is 9.44. The Hall–Kier alpha value is -3.68. The number of hydrogen-bond acceptors (Lipinski definition) is 4. The van der Waals surface area contributed by atoms with Gasteiger partial charge in [0.2, 0.25) is 6.41 Å². The first-order chi connectivity index (χ1) is 17.3. The first kappa shape index (κ1) is 24.0. The normalized spacial score (nSPS) is 13.0. The van der Waals surface area contributed by atoms with Crippen LogP contribution < -0.4 is 10.6 Å². The van der Waals surface area contributed by atoms with E-state index in [1.807, 2.05) is 43.4 Å². The van der Waals surface area contributed by atoms with E-state index in [2.05, 4.69) is 34.2 Å². The molecule has 3 amide bonds. The smallest absolute Gasteiger partial charge is 0.259 e. The number of aromatic nitrogens is 1. The van der Waals surface area contributed by atoms with Crippen molar-refractivity contribution in [2.75, 3.05) is 26.0 Å². The molecular formula is C28H27ClN4O3. The highest BCUT2D eigenvalue weighted by atomic mass is 35.5. The Kier molecular flexibility index (Phi) is 6.28. The van der Waals surface area contributed by atoms with Crippen molar-refractivity contribution in [3.05, 3.63) is 64.2 Å². The molecule has 0 spiro atoms. The molecule has 4 aromatic rings. The summed E-state index contributed by atoms with van der Waals surface area (Å²) in [6.07, 6.45) is 3.47. The van der Waals surface area contributed by atoms with Crippen LogP contribution in [0.3, 0.4) is 0 Å². The third-order valence-electron chi connectivity index (χ3n) is 6.83. The van der Waals surface area contributed by atoms with Crippen molar-refractivity contribution in [2.24, 2.45) is 7.05 Å². The highest BCUT2D eigenvalue weighted by Gasteiger charge is 2.35. The van der Waals surface area contributed by atoms with Gasteiger partial charge >= 0.3 is 0 Å². The molecule has 0 unspecified atom stereocenters. The number of fused-ring (bicyclic) bond motifs is 5. The molecule has 3 aromatic carbocycles. The fourth-order valence-electron chi connectivity index (χ4n) is 5.28. The predicted octanol–water partition coefficient (Wildman–Crippen LogP) is 4.99. The Morgan fingerprint density at radius 1 is 1.03 bits per heavy atom. The van der Waals surface area contributed by atoms with Gasteiger partial charge in [-0.25, -0.2) is 0 Å². The number of hydrogen-bond donors (Lipinski definition) is 2. The summed E-state index contributed by atoms with van der Waals surface area (Å²) in [5.74, 6) is -0.863. The molecule has 0 bridgehead atoms. The van der Waals surface area contributed by atoms with E-state index < -0.39 is 11.8 Å². The first-order valence-corrected chi connectivity index (χ1v) is 12.3. The standard InChI is InChI=1S/C28H27ClN4O3/c1-32(2)11-7-6-8-16-12-17(30-15-34)13-20-23-22(33(3)26(16)20)14-19(18-9-4-5-10-21(18)29)24-25(23)28(36)31-27(24)35/h4-5,9-10,12-15H,6-8,11H2,1-3H3,(H,30,34)(H,31,35,36). The lowest BCUT2D eigenvalue weighted by Crippen LogP contribution is -2.20. The molecule has 1 aliphatic heterocycles. The minimum Gasteiger partial charge on any atom is -0.343 e. The molecule has 7 nitrogen and oxygen atoms in total. The molecule has 0 fully saturated rings. The predicted molar refractivity (Wildman–Crippen MR) is 144 cm³/mol. The number of imide groups is 1. The van der Waals surface area contributed by atoms with Crippen LogP contribution in [0.2, 0.25) is 5.02 Å². The first-order valence-electron chi connectivity index (χ1n) is 11.9. The number of nitrogens with zero attached hydrogens (tertiary/aromatic N) is 2. The minimum atomic E-state index is -0.435. The molecule has 0 saturated carbocycles. The summed E-state index contributed by atoms with van der Waals surface area (Å²) >= 11 is 6.52. The van der Waals surface area contributed by atoms with Crippen LogP contribution in [0.15, 0.2) is 42.5 Å². The number of unbranched alkanes of at least 4 members (excludes halogenated alkanes) is 1. The monoisotopic (exact) mass is 502 g/mol. The van der Waals surface area contributed by atoms with Gasteiger partial charge in [-0.1, -0.05) is 29.8 Å². The van der Waals surface area contributed by atoms with Gasteiger partial charge in [0.1, 0.15) is 0 Å². The summed E-state index contributed by atoms with van der Waals surface area (Å²) in [5.41, 5.74) is 5.52. The van der Waals surface area contributed by atoms with Crippen molar-refractivity contribution in [1.29, 1.82) is 0 Å². The van der Waals surface area contributed by atoms with E-state index in [1.165, 1.54) is 0 Å². The number of carbonyl (C=O) groups excluding carboxylic acids is 3. The van der Waals surface area contributed by atoms with E-state index in [0.29, 0.717) is 44.8 Å². The molecule has 5 rings (SSSR count). The summed E-state index contributed by atoms with van der Waals surface area (Å²) in [6, 6.07) is 13.1. The zero-order valence-corrected chi connectivity index (χ0v) is 21.2. The number of anilines is 1. The van der Waals surface area contributed by atoms with E-state index in [-0.39, 0.29) is 0 Å². The van der Waals surface area contributed by atoms with Gasteiger partial charge in [-0.15, -0.1) is 0 Å². The van der Waals surface area contributed by atoms with Gasteiger partial charge < -0.3 is 14.8 Å². The van der Waals surface area contributed by atoms with Crippen LogP contribution in [0.4, 0.5) is 5.69 Å². The molecule has 0 saturated heterocycles. The van der Waals surface area contributed by atoms with Crippen LogP contribution in [0, 0.1) is 0 Å². The van der Waals surface area contributed by atoms with Crippen molar-refractivity contribution in [3.63, 3.8) is 0 Å². The van der Waals surface area contributed by atoms with E-state index in [1.54, 1.807) is 6.07 Å². The second kappa shape index (κ2) is 9.41. The molecule has 0 radical (unpaired) electrons.